The molecule has 37 heavy (non-hydrogen) atoms. The molecular formula is C28H25F2N5O2. The van der Waals surface area contributed by atoms with Crippen LogP contribution >= 0.6 is 0 Å². The van der Waals surface area contributed by atoms with Crippen LogP contribution in [-0.4, -0.2) is 32.3 Å². The number of hydrogen-bond acceptors (Lipinski definition) is 5. The second-order valence-electron chi connectivity index (χ2n) is 8.73. The molecule has 2 aromatic carbocycles. The van der Waals surface area contributed by atoms with Crippen LogP contribution in [0.15, 0.2) is 83.9 Å². The highest BCUT2D eigenvalue weighted by Gasteiger charge is 2.17. The van der Waals surface area contributed by atoms with E-state index in [4.69, 9.17) is 4.42 Å². The molecule has 0 radical (unpaired) electrons. The molecule has 3 aromatic heterocycles. The third-order valence-electron chi connectivity index (χ3n) is 6.10. The Balaban J connectivity index is 1.29. The van der Waals surface area contributed by atoms with Gasteiger partial charge in [-0.15, -0.1) is 0 Å². The zero-order valence-corrected chi connectivity index (χ0v) is 20.0. The van der Waals surface area contributed by atoms with Crippen LogP contribution in [0.2, 0.25) is 0 Å². The van der Waals surface area contributed by atoms with Crippen molar-refractivity contribution in [2.45, 2.75) is 26.1 Å². The van der Waals surface area contributed by atoms with Crippen molar-refractivity contribution >= 4 is 16.8 Å². The zero-order valence-electron chi connectivity index (χ0n) is 20.0. The SMILES string of the molecule is O=C(NCc1cccnc1)c1coc(CN(CCc2c[nH]c3ccccc23)Cc2ccc(F)cc2F)n1. The molecule has 0 unspecified atom stereocenters. The highest BCUT2D eigenvalue weighted by Crippen LogP contribution is 2.20. The first kappa shape index (κ1) is 24.3. The van der Waals surface area contributed by atoms with Crippen LogP contribution < -0.4 is 5.32 Å². The fraction of sp³-hybridized carbons (Fsp3) is 0.179. The molecule has 3 heterocycles. The minimum atomic E-state index is -0.624. The third kappa shape index (κ3) is 6.07. The van der Waals surface area contributed by atoms with Crippen LogP contribution in [0, 0.1) is 11.6 Å². The molecule has 1 amide bonds. The highest BCUT2D eigenvalue weighted by atomic mass is 19.1. The number of benzene rings is 2. The van der Waals surface area contributed by atoms with Crippen molar-refractivity contribution in [3.05, 3.63) is 119 Å². The van der Waals surface area contributed by atoms with Crippen molar-refractivity contribution in [2.75, 3.05) is 6.54 Å². The molecule has 0 fully saturated rings. The van der Waals surface area contributed by atoms with Gasteiger partial charge in [0.2, 0.25) is 5.89 Å². The fourth-order valence-electron chi connectivity index (χ4n) is 4.18. The lowest BCUT2D eigenvalue weighted by Gasteiger charge is -2.21. The first-order chi connectivity index (χ1) is 18.0. The van der Waals surface area contributed by atoms with Gasteiger partial charge in [0.25, 0.3) is 5.91 Å². The Kier molecular flexibility index (Phi) is 7.32. The minimum absolute atomic E-state index is 0.156. The smallest absolute Gasteiger partial charge is 0.273 e. The van der Waals surface area contributed by atoms with Gasteiger partial charge in [-0.2, -0.15) is 0 Å². The maximum absolute atomic E-state index is 14.4. The van der Waals surface area contributed by atoms with E-state index in [1.807, 2.05) is 35.4 Å². The van der Waals surface area contributed by atoms with Crippen molar-refractivity contribution < 1.29 is 18.0 Å². The van der Waals surface area contributed by atoms with Crippen LogP contribution in [0.3, 0.4) is 0 Å². The molecule has 0 spiro atoms. The summed E-state index contributed by atoms with van der Waals surface area (Å²) in [4.78, 5) is 26.1. The first-order valence-corrected chi connectivity index (χ1v) is 11.9. The summed E-state index contributed by atoms with van der Waals surface area (Å²) in [5, 5.41) is 3.92. The summed E-state index contributed by atoms with van der Waals surface area (Å²) in [6.45, 7) is 1.34. The van der Waals surface area contributed by atoms with E-state index >= 15 is 0 Å². The predicted octanol–water partition coefficient (Wildman–Crippen LogP) is 5.00. The van der Waals surface area contributed by atoms with Gasteiger partial charge in [-0.1, -0.05) is 30.3 Å². The lowest BCUT2D eigenvalue weighted by Crippen LogP contribution is -2.26. The number of amides is 1. The number of nitrogens with one attached hydrogen (secondary N) is 2. The van der Waals surface area contributed by atoms with Gasteiger partial charge in [-0.3, -0.25) is 14.7 Å². The quantitative estimate of drug-likeness (QED) is 0.281. The highest BCUT2D eigenvalue weighted by molar-refractivity contribution is 5.91. The molecule has 0 bridgehead atoms. The number of oxazole rings is 1. The second-order valence-corrected chi connectivity index (χ2v) is 8.73. The molecule has 0 aliphatic heterocycles. The number of carbonyl (C=O) groups excluding carboxylic acids is 1. The van der Waals surface area contributed by atoms with E-state index in [-0.39, 0.29) is 24.7 Å². The number of para-hydroxylation sites is 1. The van der Waals surface area contributed by atoms with E-state index in [1.165, 1.54) is 18.4 Å². The molecule has 0 saturated carbocycles. The number of fused-ring (bicyclic) bond motifs is 1. The summed E-state index contributed by atoms with van der Waals surface area (Å²) < 4.78 is 33.5. The molecule has 0 atom stereocenters. The van der Waals surface area contributed by atoms with Crippen molar-refractivity contribution in [3.63, 3.8) is 0 Å². The normalized spacial score (nSPS) is 11.3. The number of aromatic nitrogens is 3. The Morgan fingerprint density at radius 3 is 2.78 bits per heavy atom. The van der Waals surface area contributed by atoms with Gasteiger partial charge < -0.3 is 14.7 Å². The summed E-state index contributed by atoms with van der Waals surface area (Å²) in [5.41, 5.74) is 3.56. The number of H-pyrrole nitrogens is 1. The monoisotopic (exact) mass is 501 g/mol. The van der Waals surface area contributed by atoms with Crippen LogP contribution in [0.4, 0.5) is 8.78 Å². The first-order valence-electron chi connectivity index (χ1n) is 11.9. The topological polar surface area (TPSA) is 87.0 Å². The van der Waals surface area contributed by atoms with Crippen LogP contribution in [-0.2, 0) is 26.1 Å². The maximum atomic E-state index is 14.4. The Bertz CT molecular complexity index is 1500. The van der Waals surface area contributed by atoms with Gasteiger partial charge >= 0.3 is 0 Å². The molecule has 0 saturated heterocycles. The van der Waals surface area contributed by atoms with Gasteiger partial charge in [0, 0.05) is 60.8 Å². The molecular weight excluding hydrogens is 476 g/mol. The second kappa shape index (κ2) is 11.1. The molecule has 7 nitrogen and oxygen atoms in total. The molecule has 0 aliphatic carbocycles. The molecule has 5 aromatic rings. The molecule has 188 valence electrons. The van der Waals surface area contributed by atoms with E-state index < -0.39 is 11.6 Å². The van der Waals surface area contributed by atoms with Gasteiger partial charge in [0.1, 0.15) is 17.9 Å². The largest absolute Gasteiger partial charge is 0.447 e. The third-order valence-corrected chi connectivity index (χ3v) is 6.10. The average molecular weight is 502 g/mol. The van der Waals surface area contributed by atoms with E-state index in [9.17, 15) is 13.6 Å². The van der Waals surface area contributed by atoms with Crippen molar-refractivity contribution in [1.82, 2.24) is 25.2 Å². The zero-order chi connectivity index (χ0) is 25.6. The van der Waals surface area contributed by atoms with Gasteiger partial charge in [0.05, 0.1) is 6.54 Å². The summed E-state index contributed by atoms with van der Waals surface area (Å²) in [6, 6.07) is 15.2. The number of aromatic amines is 1. The Morgan fingerprint density at radius 1 is 1.05 bits per heavy atom. The van der Waals surface area contributed by atoms with Crippen LogP contribution in [0.5, 0.6) is 0 Å². The molecule has 5 rings (SSSR count). The van der Waals surface area contributed by atoms with Crippen LogP contribution in [0.1, 0.15) is 33.1 Å². The standard InChI is InChI=1S/C28H25F2N5O2/c29-22-8-7-21(24(30)12-22)16-35(11-9-20-15-32-25-6-2-1-5-23(20)25)17-27-34-26(18-37-27)28(36)33-14-19-4-3-10-31-13-19/h1-8,10,12-13,15,18,32H,9,11,14,16-17H2,(H,33,36). The van der Waals surface area contributed by atoms with Crippen molar-refractivity contribution in [3.8, 4) is 0 Å². The Hall–Kier alpha value is -4.37. The van der Waals surface area contributed by atoms with Crippen molar-refractivity contribution in [1.29, 1.82) is 0 Å². The van der Waals surface area contributed by atoms with Gasteiger partial charge in [0.15, 0.2) is 5.69 Å². The summed E-state index contributed by atoms with van der Waals surface area (Å²) in [7, 11) is 0. The Morgan fingerprint density at radius 2 is 1.95 bits per heavy atom. The molecule has 9 heteroatoms. The van der Waals surface area contributed by atoms with Gasteiger partial charge in [-0.05, 0) is 35.7 Å². The lowest BCUT2D eigenvalue weighted by atomic mass is 10.1. The number of nitrogens with zero attached hydrogens (tertiary/aromatic N) is 3. The number of halogens is 2. The number of pyridine rings is 1. The predicted molar refractivity (Wildman–Crippen MR) is 134 cm³/mol. The number of carbonyl (C=O) groups is 1. The van der Waals surface area contributed by atoms with E-state index in [0.29, 0.717) is 31.0 Å². The van der Waals surface area contributed by atoms with Crippen molar-refractivity contribution in [2.24, 2.45) is 0 Å². The summed E-state index contributed by atoms with van der Waals surface area (Å²) in [5.74, 6) is -1.28. The molecule has 0 aliphatic rings. The minimum Gasteiger partial charge on any atom is -0.447 e. The number of rotatable bonds is 10. The van der Waals surface area contributed by atoms with E-state index in [2.05, 4.69) is 26.3 Å². The Labute approximate surface area is 212 Å². The number of hydrogen-bond donors (Lipinski definition) is 2. The molecule has 2 N–H and O–H groups in total. The van der Waals surface area contributed by atoms with E-state index in [1.54, 1.807) is 18.5 Å². The van der Waals surface area contributed by atoms with Gasteiger partial charge in [-0.25, -0.2) is 13.8 Å². The van der Waals surface area contributed by atoms with E-state index in [0.717, 1.165) is 28.1 Å². The fourth-order valence-corrected chi connectivity index (χ4v) is 4.18. The summed E-state index contributed by atoms with van der Waals surface area (Å²) >= 11 is 0. The lowest BCUT2D eigenvalue weighted by molar-refractivity contribution is 0.0945. The maximum Gasteiger partial charge on any atom is 0.273 e. The average Bonchev–Trinajstić information content (AvgIpc) is 3.55. The van der Waals surface area contributed by atoms with Crippen LogP contribution in [0.25, 0.3) is 10.9 Å². The summed E-state index contributed by atoms with van der Waals surface area (Å²) in [6.07, 6.45) is 7.30.